The van der Waals surface area contributed by atoms with Gasteiger partial charge in [-0.25, -0.2) is 8.42 Å². The van der Waals surface area contributed by atoms with Crippen LogP contribution in [-0.4, -0.2) is 19.7 Å². The maximum absolute atomic E-state index is 12.3. The van der Waals surface area contributed by atoms with Crippen LogP contribution < -0.4 is 10.3 Å². The van der Waals surface area contributed by atoms with Crippen molar-refractivity contribution in [3.05, 3.63) is 87.8 Å². The molecule has 0 saturated heterocycles. The second-order valence-electron chi connectivity index (χ2n) is 8.34. The van der Waals surface area contributed by atoms with Gasteiger partial charge in [-0.1, -0.05) is 57.2 Å². The maximum Gasteiger partial charge on any atom is 0.255 e. The van der Waals surface area contributed by atoms with E-state index in [1.165, 1.54) is 0 Å². The zero-order chi connectivity index (χ0) is 21.9. The van der Waals surface area contributed by atoms with Crippen molar-refractivity contribution in [3.8, 4) is 11.1 Å². The van der Waals surface area contributed by atoms with E-state index in [1.807, 2.05) is 42.5 Å². The van der Waals surface area contributed by atoms with Crippen LogP contribution in [0, 0.1) is 0 Å². The largest absolute Gasteiger partial charge is 0.329 e. The lowest BCUT2D eigenvalue weighted by atomic mass is 9.84. The normalized spacial score (nSPS) is 12.3. The molecule has 0 amide bonds. The summed E-state index contributed by atoms with van der Waals surface area (Å²) in [5, 5.41) is 0. The summed E-state index contributed by atoms with van der Waals surface area (Å²) < 4.78 is 25.1. The third-order valence-electron chi connectivity index (χ3n) is 4.63. The number of sulfonamides is 1. The van der Waals surface area contributed by atoms with E-state index in [-0.39, 0.29) is 11.0 Å². The first kappa shape index (κ1) is 21.6. The Balaban J connectivity index is 1.96. The maximum atomic E-state index is 12.3. The minimum Gasteiger partial charge on any atom is -0.329 e. The van der Waals surface area contributed by atoms with Crippen LogP contribution >= 0.6 is 0 Å². The predicted octanol–water partition coefficient (Wildman–Crippen LogP) is 4.88. The Bertz CT molecular complexity index is 1230. The SMILES string of the molecule is CC(C)(C)c1cc(C=Cc2ccc(NS(C)(=O)=O)cc2)cc(-c2ccc[nH]c2=O)c1. The Morgan fingerprint density at radius 1 is 0.933 bits per heavy atom. The summed E-state index contributed by atoms with van der Waals surface area (Å²) in [6.07, 6.45) is 6.71. The molecule has 0 aliphatic carbocycles. The molecule has 3 aromatic rings. The van der Waals surface area contributed by atoms with Crippen molar-refractivity contribution in [1.29, 1.82) is 0 Å². The molecule has 1 heterocycles. The van der Waals surface area contributed by atoms with E-state index in [2.05, 4.69) is 42.6 Å². The molecule has 0 unspecified atom stereocenters. The second kappa shape index (κ2) is 8.32. The molecule has 30 heavy (non-hydrogen) atoms. The highest BCUT2D eigenvalue weighted by Crippen LogP contribution is 2.29. The van der Waals surface area contributed by atoms with Crippen molar-refractivity contribution in [2.75, 3.05) is 11.0 Å². The molecule has 0 spiro atoms. The summed E-state index contributed by atoms with van der Waals surface area (Å²) in [6, 6.07) is 17.0. The fraction of sp³-hybridized carbons (Fsp3) is 0.208. The Hall–Kier alpha value is -3.12. The average molecular weight is 423 g/mol. The van der Waals surface area contributed by atoms with Crippen LogP contribution in [-0.2, 0) is 15.4 Å². The van der Waals surface area contributed by atoms with Crippen molar-refractivity contribution in [3.63, 3.8) is 0 Å². The summed E-state index contributed by atoms with van der Waals surface area (Å²) >= 11 is 0. The molecule has 6 heteroatoms. The number of nitrogens with one attached hydrogen (secondary N) is 2. The molecule has 1 aromatic heterocycles. The summed E-state index contributed by atoms with van der Waals surface area (Å²) in [4.78, 5) is 15.0. The van der Waals surface area contributed by atoms with Gasteiger partial charge in [0, 0.05) is 17.4 Å². The molecule has 2 N–H and O–H groups in total. The monoisotopic (exact) mass is 422 g/mol. The molecule has 156 valence electrons. The van der Waals surface area contributed by atoms with Crippen LogP contribution in [0.3, 0.4) is 0 Å². The van der Waals surface area contributed by atoms with Crippen molar-refractivity contribution in [2.45, 2.75) is 26.2 Å². The molecule has 0 fully saturated rings. The fourth-order valence-electron chi connectivity index (χ4n) is 3.05. The predicted molar refractivity (Wildman–Crippen MR) is 125 cm³/mol. The number of benzene rings is 2. The van der Waals surface area contributed by atoms with E-state index < -0.39 is 10.0 Å². The van der Waals surface area contributed by atoms with Gasteiger partial charge in [0.25, 0.3) is 5.56 Å². The van der Waals surface area contributed by atoms with E-state index in [0.29, 0.717) is 11.3 Å². The molecule has 0 atom stereocenters. The summed E-state index contributed by atoms with van der Waals surface area (Å²) in [6.45, 7) is 6.42. The average Bonchev–Trinajstić information content (AvgIpc) is 2.66. The number of hydrogen-bond donors (Lipinski definition) is 2. The van der Waals surface area contributed by atoms with Gasteiger partial charge >= 0.3 is 0 Å². The molecule has 0 bridgehead atoms. The summed E-state index contributed by atoms with van der Waals surface area (Å²) in [5.41, 5.74) is 4.90. The molecule has 0 aliphatic heterocycles. The van der Waals surface area contributed by atoms with Crippen molar-refractivity contribution in [1.82, 2.24) is 4.98 Å². The highest BCUT2D eigenvalue weighted by atomic mass is 32.2. The van der Waals surface area contributed by atoms with Crippen LogP contribution in [0.1, 0.15) is 37.5 Å². The van der Waals surface area contributed by atoms with Crippen LogP contribution in [0.2, 0.25) is 0 Å². The quantitative estimate of drug-likeness (QED) is 0.575. The van der Waals surface area contributed by atoms with Gasteiger partial charge < -0.3 is 4.98 Å². The molecule has 3 rings (SSSR count). The van der Waals surface area contributed by atoms with Gasteiger partial charge in [-0.3, -0.25) is 9.52 Å². The zero-order valence-corrected chi connectivity index (χ0v) is 18.4. The number of anilines is 1. The van der Waals surface area contributed by atoms with E-state index in [9.17, 15) is 13.2 Å². The van der Waals surface area contributed by atoms with Gasteiger partial charge in [-0.15, -0.1) is 0 Å². The van der Waals surface area contributed by atoms with Gasteiger partial charge in [0.2, 0.25) is 10.0 Å². The Kier molecular flexibility index (Phi) is 5.99. The molecular formula is C24H26N2O3S. The molecule has 2 aromatic carbocycles. The van der Waals surface area contributed by atoms with E-state index in [1.54, 1.807) is 18.3 Å². The van der Waals surface area contributed by atoms with Crippen LogP contribution in [0.5, 0.6) is 0 Å². The lowest BCUT2D eigenvalue weighted by Crippen LogP contribution is -2.13. The molecule has 5 nitrogen and oxygen atoms in total. The lowest BCUT2D eigenvalue weighted by Gasteiger charge is -2.21. The second-order valence-corrected chi connectivity index (χ2v) is 10.1. The Morgan fingerprint density at radius 3 is 2.20 bits per heavy atom. The van der Waals surface area contributed by atoms with E-state index >= 15 is 0 Å². The van der Waals surface area contributed by atoms with E-state index in [4.69, 9.17) is 0 Å². The third kappa shape index (κ3) is 5.70. The standard InChI is InChI=1S/C24H26N2O3S/c1-24(2,3)20-15-18(14-19(16-20)22-6-5-13-25-23(22)27)8-7-17-9-11-21(12-10-17)26-30(4,28)29/h5-16,26H,1-4H3,(H,25,27). The number of rotatable bonds is 5. The first-order chi connectivity index (χ1) is 14.0. The molecule has 0 aliphatic rings. The Labute approximate surface area is 177 Å². The van der Waals surface area contributed by atoms with Gasteiger partial charge in [0.1, 0.15) is 0 Å². The minimum absolute atomic E-state index is 0.0703. The topological polar surface area (TPSA) is 79.0 Å². The minimum atomic E-state index is -3.29. The van der Waals surface area contributed by atoms with Crippen LogP contribution in [0.15, 0.2) is 65.6 Å². The molecule has 0 radical (unpaired) electrons. The molecular weight excluding hydrogens is 396 g/mol. The highest BCUT2D eigenvalue weighted by Gasteiger charge is 2.16. The third-order valence-corrected chi connectivity index (χ3v) is 5.24. The van der Waals surface area contributed by atoms with Gasteiger partial charge in [-0.05, 0) is 58.0 Å². The smallest absolute Gasteiger partial charge is 0.255 e. The number of H-pyrrole nitrogens is 1. The summed E-state index contributed by atoms with van der Waals surface area (Å²) in [7, 11) is -3.29. The zero-order valence-electron chi connectivity index (χ0n) is 17.6. The summed E-state index contributed by atoms with van der Waals surface area (Å²) in [5.74, 6) is 0. The van der Waals surface area contributed by atoms with Crippen molar-refractivity contribution in [2.24, 2.45) is 0 Å². The van der Waals surface area contributed by atoms with Crippen LogP contribution in [0.4, 0.5) is 5.69 Å². The number of aromatic nitrogens is 1. The number of pyridine rings is 1. The van der Waals surface area contributed by atoms with Gasteiger partial charge in [-0.2, -0.15) is 0 Å². The first-order valence-corrected chi connectivity index (χ1v) is 11.5. The van der Waals surface area contributed by atoms with E-state index in [0.717, 1.165) is 28.5 Å². The van der Waals surface area contributed by atoms with Gasteiger partial charge in [0.15, 0.2) is 0 Å². The van der Waals surface area contributed by atoms with Crippen LogP contribution in [0.25, 0.3) is 23.3 Å². The lowest BCUT2D eigenvalue weighted by molar-refractivity contribution is 0.590. The number of hydrogen-bond acceptors (Lipinski definition) is 3. The Morgan fingerprint density at radius 2 is 1.60 bits per heavy atom. The first-order valence-electron chi connectivity index (χ1n) is 9.61. The van der Waals surface area contributed by atoms with Crippen molar-refractivity contribution >= 4 is 27.9 Å². The van der Waals surface area contributed by atoms with Crippen molar-refractivity contribution < 1.29 is 8.42 Å². The fourth-order valence-corrected chi connectivity index (χ4v) is 3.62. The van der Waals surface area contributed by atoms with Gasteiger partial charge in [0.05, 0.1) is 6.26 Å². The highest BCUT2D eigenvalue weighted by molar-refractivity contribution is 7.92. The number of aromatic amines is 1. The molecule has 0 saturated carbocycles.